The molecule has 300 valence electrons. The largest absolute Gasteiger partial charge is 0.444 e. The topological polar surface area (TPSA) is 224 Å². The third-order valence-electron chi connectivity index (χ3n) is 10.3. The van der Waals surface area contributed by atoms with Gasteiger partial charge < -0.3 is 25.0 Å². The van der Waals surface area contributed by atoms with Gasteiger partial charge >= 0.3 is 12.2 Å². The van der Waals surface area contributed by atoms with Crippen LogP contribution in [-0.2, 0) is 47.0 Å². The van der Waals surface area contributed by atoms with Crippen molar-refractivity contribution in [2.24, 2.45) is 5.92 Å². The summed E-state index contributed by atoms with van der Waals surface area (Å²) in [6.07, 6.45) is 3.91. The number of hydrogen-bond donors (Lipinski definition) is 3. The van der Waals surface area contributed by atoms with Gasteiger partial charge in [-0.05, 0) is 69.7 Å². The molecule has 0 aromatic heterocycles. The van der Waals surface area contributed by atoms with Crippen molar-refractivity contribution < 1.29 is 46.8 Å². The highest BCUT2D eigenvalue weighted by Gasteiger charge is 2.61. The van der Waals surface area contributed by atoms with Gasteiger partial charge in [0.15, 0.2) is 0 Å². The van der Waals surface area contributed by atoms with Gasteiger partial charge in [-0.25, -0.2) is 22.7 Å². The summed E-state index contributed by atoms with van der Waals surface area (Å²) < 4.78 is 39.9. The number of ether oxygens (including phenoxy) is 2. The van der Waals surface area contributed by atoms with Gasteiger partial charge in [-0.2, -0.15) is 0 Å². The Bertz CT molecular complexity index is 2010. The molecule has 2 fully saturated rings. The smallest absolute Gasteiger partial charge is 0.410 e. The summed E-state index contributed by atoms with van der Waals surface area (Å²) in [6, 6.07) is 9.20. The van der Waals surface area contributed by atoms with Crippen molar-refractivity contribution in [3.8, 4) is 0 Å². The second-order valence-electron chi connectivity index (χ2n) is 15.6. The van der Waals surface area contributed by atoms with E-state index in [1.165, 1.54) is 9.80 Å². The lowest BCUT2D eigenvalue weighted by atomic mass is 10.0. The van der Waals surface area contributed by atoms with Crippen LogP contribution in [0.2, 0.25) is 0 Å². The molecule has 5 unspecified atom stereocenters. The van der Waals surface area contributed by atoms with Crippen molar-refractivity contribution in [1.82, 2.24) is 25.2 Å². The molecule has 3 N–H and O–H groups in total. The molecule has 56 heavy (non-hydrogen) atoms. The summed E-state index contributed by atoms with van der Waals surface area (Å²) >= 11 is 0. The zero-order chi connectivity index (χ0) is 40.4. The van der Waals surface area contributed by atoms with E-state index in [2.05, 4.69) is 10.6 Å². The Morgan fingerprint density at radius 3 is 2.32 bits per heavy atom. The fourth-order valence-corrected chi connectivity index (χ4v) is 8.35. The van der Waals surface area contributed by atoms with E-state index in [4.69, 9.17) is 9.47 Å². The lowest BCUT2D eigenvalue weighted by Gasteiger charge is -2.30. The number of carbonyl (C=O) groups is 5. The average Bonchev–Trinajstić information content (AvgIpc) is 3.42. The number of non-ortho nitro benzene ring substituents is 1. The number of nitro benzene ring substituents is 1. The van der Waals surface area contributed by atoms with Gasteiger partial charge in [0, 0.05) is 37.6 Å². The van der Waals surface area contributed by atoms with Gasteiger partial charge in [-0.1, -0.05) is 49.3 Å². The molecule has 5 amide bonds. The normalized spacial score (nSPS) is 25.3. The monoisotopic (exact) mass is 794 g/mol. The molecule has 1 saturated carbocycles. The van der Waals surface area contributed by atoms with E-state index in [1.807, 2.05) is 35.1 Å². The van der Waals surface area contributed by atoms with Crippen LogP contribution in [0.4, 0.5) is 15.3 Å². The number of rotatable bonds is 6. The van der Waals surface area contributed by atoms with E-state index in [0.29, 0.717) is 38.8 Å². The fourth-order valence-electron chi connectivity index (χ4n) is 7.31. The molecule has 6 rings (SSSR count). The number of amides is 5. The number of nitrogens with one attached hydrogen (secondary N) is 3. The number of benzene rings is 2. The van der Waals surface area contributed by atoms with Crippen molar-refractivity contribution >= 4 is 45.6 Å². The van der Waals surface area contributed by atoms with Crippen molar-refractivity contribution in [1.29, 1.82) is 0 Å². The van der Waals surface area contributed by atoms with Gasteiger partial charge in [-0.3, -0.25) is 29.4 Å². The molecule has 3 aliphatic heterocycles. The van der Waals surface area contributed by atoms with E-state index in [1.54, 1.807) is 26.8 Å². The minimum Gasteiger partial charge on any atom is -0.444 e. The molecule has 0 radical (unpaired) electrons. The van der Waals surface area contributed by atoms with Crippen molar-refractivity contribution in [2.45, 2.75) is 113 Å². The van der Waals surface area contributed by atoms with Crippen molar-refractivity contribution in [2.75, 3.05) is 6.54 Å². The van der Waals surface area contributed by atoms with E-state index in [-0.39, 0.29) is 31.5 Å². The molecule has 4 aliphatic rings. The van der Waals surface area contributed by atoms with Crippen LogP contribution in [0.5, 0.6) is 0 Å². The number of allylic oxidation sites excluding steroid dienone is 1. The summed E-state index contributed by atoms with van der Waals surface area (Å²) in [5.74, 6) is -3.01. The first-order valence-electron chi connectivity index (χ1n) is 18.6. The Morgan fingerprint density at radius 1 is 1.00 bits per heavy atom. The van der Waals surface area contributed by atoms with Crippen LogP contribution in [0, 0.1) is 16.0 Å². The Balaban J connectivity index is 1.26. The predicted molar refractivity (Wildman–Crippen MR) is 199 cm³/mol. The quantitative estimate of drug-likeness (QED) is 0.217. The standard InChI is InChI=1S/C38H46N6O11S/c1-37(2,3)55-35(48)39-30-14-8-6-4-5-7-13-26-20-38(26,34(47)41-56(52,53)29-17-15-27(16-18-29)44(50)51)40-32(45)31-19-28(23-43(31)33(30)46)54-36(49)42-21-24-11-9-10-12-25(24)22-42/h7,9-13,15-18,26,28,30-31H,4-6,8,14,19-23H2,1-3H3,(H,39,48)(H,40,45)(H,41,47). The maximum absolute atomic E-state index is 14.4. The summed E-state index contributed by atoms with van der Waals surface area (Å²) in [5, 5.41) is 16.5. The van der Waals surface area contributed by atoms with Crippen LogP contribution in [0.15, 0.2) is 65.6 Å². The summed E-state index contributed by atoms with van der Waals surface area (Å²) in [7, 11) is -4.53. The Labute approximate surface area is 324 Å². The molecular formula is C38H46N6O11S. The first kappa shape index (κ1) is 40.2. The van der Waals surface area contributed by atoms with Gasteiger partial charge in [0.25, 0.3) is 21.6 Å². The molecule has 5 atom stereocenters. The van der Waals surface area contributed by atoms with Crippen LogP contribution in [0.1, 0.15) is 76.8 Å². The summed E-state index contributed by atoms with van der Waals surface area (Å²) in [4.78, 5) is 81.7. The second-order valence-corrected chi connectivity index (χ2v) is 17.3. The van der Waals surface area contributed by atoms with Crippen LogP contribution in [0.25, 0.3) is 0 Å². The zero-order valence-electron chi connectivity index (χ0n) is 31.4. The number of sulfonamides is 1. The number of alkyl carbamates (subject to hydrolysis) is 1. The maximum Gasteiger partial charge on any atom is 0.410 e. The lowest BCUT2D eigenvalue weighted by Crippen LogP contribution is -2.58. The van der Waals surface area contributed by atoms with Gasteiger partial charge in [-0.15, -0.1) is 0 Å². The summed E-state index contributed by atoms with van der Waals surface area (Å²) in [6.45, 7) is 5.52. The minimum absolute atomic E-state index is 0.0499. The molecule has 17 nitrogen and oxygen atoms in total. The molecule has 18 heteroatoms. The van der Waals surface area contributed by atoms with Crippen LogP contribution in [0.3, 0.4) is 0 Å². The number of fused-ring (bicyclic) bond motifs is 3. The number of hydrogen-bond acceptors (Lipinski definition) is 11. The molecule has 2 aromatic rings. The first-order valence-corrected chi connectivity index (χ1v) is 20.1. The number of carbonyl (C=O) groups excluding carboxylic acids is 5. The van der Waals surface area contributed by atoms with E-state index < -0.39 is 85.0 Å². The molecule has 2 aromatic carbocycles. The number of nitrogens with zero attached hydrogens (tertiary/aromatic N) is 3. The van der Waals surface area contributed by atoms with Crippen LogP contribution < -0.4 is 15.4 Å². The van der Waals surface area contributed by atoms with E-state index >= 15 is 0 Å². The Kier molecular flexibility index (Phi) is 11.4. The number of nitro groups is 1. The summed E-state index contributed by atoms with van der Waals surface area (Å²) in [5.41, 5.74) is -0.974. The lowest BCUT2D eigenvalue weighted by molar-refractivity contribution is -0.384. The SMILES string of the molecule is CC(C)(C)OC(=O)NC1CCCCCC=CC2CC2(C(=O)NS(=O)(=O)c2ccc([N+](=O)[O-])cc2)NC(=O)C2CC(OC(=O)N3Cc4ccccc4C3)CN2C1=O. The first-order chi connectivity index (χ1) is 26.5. The van der Waals surface area contributed by atoms with Crippen LogP contribution in [-0.4, -0.2) is 88.9 Å². The molecule has 0 bridgehead atoms. The minimum atomic E-state index is -4.53. The third kappa shape index (κ3) is 9.12. The van der Waals surface area contributed by atoms with Gasteiger partial charge in [0.1, 0.15) is 29.3 Å². The van der Waals surface area contributed by atoms with E-state index in [0.717, 1.165) is 35.4 Å². The fraction of sp³-hybridized carbons (Fsp3) is 0.500. The second kappa shape index (κ2) is 15.9. The van der Waals surface area contributed by atoms with Crippen molar-refractivity contribution in [3.63, 3.8) is 0 Å². The molecule has 0 spiro atoms. The highest BCUT2D eigenvalue weighted by Crippen LogP contribution is 2.46. The average molecular weight is 795 g/mol. The molecule has 3 heterocycles. The third-order valence-corrected chi connectivity index (χ3v) is 11.6. The molecule has 1 aliphatic carbocycles. The highest BCUT2D eigenvalue weighted by atomic mass is 32.2. The van der Waals surface area contributed by atoms with Crippen molar-refractivity contribution in [3.05, 3.63) is 81.9 Å². The highest BCUT2D eigenvalue weighted by molar-refractivity contribution is 7.90. The van der Waals surface area contributed by atoms with Gasteiger partial charge in [0.05, 0.1) is 16.4 Å². The maximum atomic E-state index is 14.4. The Morgan fingerprint density at radius 2 is 1.68 bits per heavy atom. The van der Waals surface area contributed by atoms with Crippen LogP contribution >= 0.6 is 0 Å². The van der Waals surface area contributed by atoms with Gasteiger partial charge in [0.2, 0.25) is 11.8 Å². The Hall–Kier alpha value is -5.52. The molecule has 1 saturated heterocycles. The molecular weight excluding hydrogens is 749 g/mol. The zero-order valence-corrected chi connectivity index (χ0v) is 32.2. The van der Waals surface area contributed by atoms with E-state index in [9.17, 15) is 42.5 Å². The predicted octanol–water partition coefficient (Wildman–Crippen LogP) is 3.81.